The van der Waals surface area contributed by atoms with E-state index in [-0.39, 0.29) is 0 Å². The van der Waals surface area contributed by atoms with Gasteiger partial charge in [-0.2, -0.15) is 11.8 Å². The highest BCUT2D eigenvalue weighted by Gasteiger charge is 2.08. The first-order valence-electron chi connectivity index (χ1n) is 5.10. The Kier molecular flexibility index (Phi) is 5.93. The molecule has 0 aliphatic carbocycles. The number of carbonyl (C=O) groups is 1. The van der Waals surface area contributed by atoms with E-state index < -0.39 is 0 Å². The highest BCUT2D eigenvalue weighted by atomic mass is 32.2. The molecule has 82 valence electrons. The van der Waals surface area contributed by atoms with Crippen LogP contribution in [-0.4, -0.2) is 18.8 Å². The van der Waals surface area contributed by atoms with Crippen molar-refractivity contribution in [2.24, 2.45) is 0 Å². The third-order valence-electron chi connectivity index (χ3n) is 2.13. The van der Waals surface area contributed by atoms with Gasteiger partial charge in [0.05, 0.1) is 0 Å². The lowest BCUT2D eigenvalue weighted by molar-refractivity contribution is -0.128. The summed E-state index contributed by atoms with van der Waals surface area (Å²) in [5.74, 6) is 0.853. The maximum Gasteiger partial charge on any atom is 0.293 e. The van der Waals surface area contributed by atoms with Crippen molar-refractivity contribution in [1.82, 2.24) is 0 Å². The summed E-state index contributed by atoms with van der Waals surface area (Å²) in [5.41, 5.74) is 1.34. The van der Waals surface area contributed by atoms with E-state index in [1.165, 1.54) is 5.56 Å². The molecule has 0 fully saturated rings. The van der Waals surface area contributed by atoms with Crippen molar-refractivity contribution in [3.8, 4) is 0 Å². The van der Waals surface area contributed by atoms with Crippen LogP contribution in [0.25, 0.3) is 0 Å². The Labute approximate surface area is 95.0 Å². The SMILES string of the molecule is CCC(SCCOC=O)c1ccccc1. The predicted octanol–water partition coefficient (Wildman–Crippen LogP) is 3.04. The fraction of sp³-hybridized carbons (Fsp3) is 0.417. The largest absolute Gasteiger partial charge is 0.467 e. The van der Waals surface area contributed by atoms with Gasteiger partial charge in [-0.05, 0) is 12.0 Å². The van der Waals surface area contributed by atoms with E-state index in [1.54, 1.807) is 0 Å². The minimum absolute atomic E-state index is 0.498. The molecule has 3 heteroatoms. The Hall–Kier alpha value is -0.960. The smallest absolute Gasteiger partial charge is 0.293 e. The van der Waals surface area contributed by atoms with Crippen LogP contribution in [0.1, 0.15) is 24.2 Å². The van der Waals surface area contributed by atoms with E-state index in [1.807, 2.05) is 17.8 Å². The molecule has 15 heavy (non-hydrogen) atoms. The summed E-state index contributed by atoms with van der Waals surface area (Å²) < 4.78 is 4.66. The number of hydrogen-bond acceptors (Lipinski definition) is 3. The van der Waals surface area contributed by atoms with Crippen LogP contribution in [0.5, 0.6) is 0 Å². The molecule has 0 saturated heterocycles. The van der Waals surface area contributed by atoms with Crippen LogP contribution in [-0.2, 0) is 9.53 Å². The Morgan fingerprint density at radius 2 is 2.13 bits per heavy atom. The van der Waals surface area contributed by atoms with Gasteiger partial charge in [-0.25, -0.2) is 0 Å². The van der Waals surface area contributed by atoms with Crippen LogP contribution in [0.4, 0.5) is 0 Å². The second-order valence-electron chi connectivity index (χ2n) is 3.15. The van der Waals surface area contributed by atoms with Crippen molar-refractivity contribution >= 4 is 18.2 Å². The van der Waals surface area contributed by atoms with Gasteiger partial charge >= 0.3 is 0 Å². The van der Waals surface area contributed by atoms with Crippen molar-refractivity contribution in [2.45, 2.75) is 18.6 Å². The summed E-state index contributed by atoms with van der Waals surface area (Å²) in [4.78, 5) is 9.96. The first-order valence-corrected chi connectivity index (χ1v) is 6.15. The Balaban J connectivity index is 2.39. The predicted molar refractivity (Wildman–Crippen MR) is 63.9 cm³/mol. The van der Waals surface area contributed by atoms with Crippen LogP contribution < -0.4 is 0 Å². The van der Waals surface area contributed by atoms with Gasteiger partial charge < -0.3 is 4.74 Å². The average Bonchev–Trinajstić information content (AvgIpc) is 2.30. The summed E-state index contributed by atoms with van der Waals surface area (Å²) in [5, 5.41) is 0.501. The highest BCUT2D eigenvalue weighted by Crippen LogP contribution is 2.31. The molecule has 0 aliphatic rings. The number of rotatable bonds is 7. The van der Waals surface area contributed by atoms with Crippen molar-refractivity contribution in [1.29, 1.82) is 0 Å². The summed E-state index contributed by atoms with van der Waals surface area (Å²) in [7, 11) is 0. The Morgan fingerprint density at radius 3 is 2.73 bits per heavy atom. The first kappa shape index (κ1) is 12.1. The summed E-state index contributed by atoms with van der Waals surface area (Å²) in [6, 6.07) is 10.4. The lowest BCUT2D eigenvalue weighted by Gasteiger charge is -2.14. The van der Waals surface area contributed by atoms with Crippen LogP contribution in [0, 0.1) is 0 Å². The lowest BCUT2D eigenvalue weighted by Crippen LogP contribution is -1.99. The molecule has 1 atom stereocenters. The molecule has 1 aromatic carbocycles. The van der Waals surface area contributed by atoms with Gasteiger partial charge in [0.25, 0.3) is 6.47 Å². The minimum Gasteiger partial charge on any atom is -0.467 e. The lowest BCUT2D eigenvalue weighted by atomic mass is 10.1. The van der Waals surface area contributed by atoms with E-state index in [9.17, 15) is 4.79 Å². The van der Waals surface area contributed by atoms with Gasteiger partial charge in [-0.1, -0.05) is 37.3 Å². The topological polar surface area (TPSA) is 26.3 Å². The summed E-state index contributed by atoms with van der Waals surface area (Å²) in [6.07, 6.45) is 1.09. The molecular formula is C12H16O2S. The normalized spacial score (nSPS) is 12.1. The molecule has 0 bridgehead atoms. The third kappa shape index (κ3) is 4.38. The molecule has 0 heterocycles. The monoisotopic (exact) mass is 224 g/mol. The molecule has 0 spiro atoms. The molecule has 2 nitrogen and oxygen atoms in total. The van der Waals surface area contributed by atoms with Crippen LogP contribution in [0.15, 0.2) is 30.3 Å². The van der Waals surface area contributed by atoms with Gasteiger partial charge in [-0.15, -0.1) is 0 Å². The Bertz CT molecular complexity index is 274. The minimum atomic E-state index is 0.498. The van der Waals surface area contributed by atoms with Gasteiger partial charge in [0.2, 0.25) is 0 Å². The zero-order valence-corrected chi connectivity index (χ0v) is 9.70. The van der Waals surface area contributed by atoms with E-state index in [0.717, 1.165) is 12.2 Å². The van der Waals surface area contributed by atoms with Crippen molar-refractivity contribution in [3.05, 3.63) is 35.9 Å². The molecular weight excluding hydrogens is 208 g/mol. The number of hydrogen-bond donors (Lipinski definition) is 0. The quantitative estimate of drug-likeness (QED) is 0.526. The molecule has 1 aromatic rings. The summed E-state index contributed by atoms with van der Waals surface area (Å²) in [6.45, 7) is 3.17. The number of benzene rings is 1. The fourth-order valence-electron chi connectivity index (χ4n) is 1.40. The van der Waals surface area contributed by atoms with Gasteiger partial charge in [0.15, 0.2) is 0 Å². The van der Waals surface area contributed by atoms with Crippen LogP contribution >= 0.6 is 11.8 Å². The maximum absolute atomic E-state index is 9.96. The second-order valence-corrected chi connectivity index (χ2v) is 4.46. The molecule has 1 unspecified atom stereocenters. The second kappa shape index (κ2) is 7.35. The number of thioether (sulfide) groups is 1. The Morgan fingerprint density at radius 1 is 1.40 bits per heavy atom. The van der Waals surface area contributed by atoms with E-state index in [0.29, 0.717) is 18.3 Å². The first-order chi connectivity index (χ1) is 7.38. The standard InChI is InChI=1S/C12H16O2S/c1-2-12(15-9-8-14-10-13)11-6-4-3-5-7-11/h3-7,10,12H,2,8-9H2,1H3. The molecule has 0 radical (unpaired) electrons. The van der Waals surface area contributed by atoms with E-state index >= 15 is 0 Å². The molecule has 1 rings (SSSR count). The van der Waals surface area contributed by atoms with Crippen molar-refractivity contribution in [3.63, 3.8) is 0 Å². The molecule has 0 saturated carbocycles. The van der Waals surface area contributed by atoms with E-state index in [4.69, 9.17) is 0 Å². The van der Waals surface area contributed by atoms with E-state index in [2.05, 4.69) is 35.9 Å². The maximum atomic E-state index is 9.96. The van der Waals surface area contributed by atoms with Crippen molar-refractivity contribution < 1.29 is 9.53 Å². The molecule has 0 amide bonds. The van der Waals surface area contributed by atoms with Gasteiger partial charge in [0, 0.05) is 11.0 Å². The van der Waals surface area contributed by atoms with Gasteiger partial charge in [0.1, 0.15) is 6.61 Å². The molecule has 0 aromatic heterocycles. The average molecular weight is 224 g/mol. The summed E-state index contributed by atoms with van der Waals surface area (Å²) >= 11 is 1.83. The number of ether oxygens (including phenoxy) is 1. The van der Waals surface area contributed by atoms with Crippen LogP contribution in [0.2, 0.25) is 0 Å². The van der Waals surface area contributed by atoms with Gasteiger partial charge in [-0.3, -0.25) is 4.79 Å². The highest BCUT2D eigenvalue weighted by molar-refractivity contribution is 7.99. The third-order valence-corrected chi connectivity index (χ3v) is 3.54. The zero-order chi connectivity index (χ0) is 10.9. The zero-order valence-electron chi connectivity index (χ0n) is 8.89. The van der Waals surface area contributed by atoms with Crippen molar-refractivity contribution in [2.75, 3.05) is 12.4 Å². The molecule has 0 aliphatic heterocycles. The van der Waals surface area contributed by atoms with Crippen LogP contribution in [0.3, 0.4) is 0 Å². The fourth-order valence-corrected chi connectivity index (χ4v) is 2.47. The molecule has 0 N–H and O–H groups in total. The number of carbonyl (C=O) groups excluding carboxylic acids is 1.